The Hall–Kier alpha value is -1.10. The fraction of sp³-hybridized carbons (Fsp3) is 0.833. The minimum Gasteiger partial charge on any atom is -0.460 e. The molecule has 1 fully saturated rings. The SMILES string of the molecule is CC1C(=O)NCCN1CCC(=O)OC(C)(C)C. The molecule has 5 heteroatoms. The fourth-order valence-electron chi connectivity index (χ4n) is 1.76. The number of amides is 1. The maximum absolute atomic E-state index is 11.5. The first kappa shape index (κ1) is 14.0. The molecule has 1 N–H and O–H groups in total. The van der Waals surface area contributed by atoms with Crippen molar-refractivity contribution in [3.63, 3.8) is 0 Å². The van der Waals surface area contributed by atoms with Gasteiger partial charge in [0.25, 0.3) is 0 Å². The van der Waals surface area contributed by atoms with Crippen LogP contribution in [-0.2, 0) is 14.3 Å². The normalized spacial score (nSPS) is 22.1. The molecule has 17 heavy (non-hydrogen) atoms. The van der Waals surface area contributed by atoms with Crippen molar-refractivity contribution in [2.75, 3.05) is 19.6 Å². The first-order valence-electron chi connectivity index (χ1n) is 6.03. The van der Waals surface area contributed by atoms with Gasteiger partial charge in [-0.05, 0) is 27.7 Å². The zero-order valence-corrected chi connectivity index (χ0v) is 11.1. The average molecular weight is 242 g/mol. The minimum atomic E-state index is -0.442. The van der Waals surface area contributed by atoms with E-state index in [9.17, 15) is 9.59 Å². The van der Waals surface area contributed by atoms with Crippen LogP contribution in [0.15, 0.2) is 0 Å². The summed E-state index contributed by atoms with van der Waals surface area (Å²) in [6.45, 7) is 9.41. The summed E-state index contributed by atoms with van der Waals surface area (Å²) in [5.74, 6) is -0.184. The number of ether oxygens (including phenoxy) is 1. The predicted molar refractivity (Wildman–Crippen MR) is 64.5 cm³/mol. The van der Waals surface area contributed by atoms with Crippen molar-refractivity contribution in [3.05, 3.63) is 0 Å². The van der Waals surface area contributed by atoms with E-state index < -0.39 is 5.60 Å². The molecule has 1 unspecified atom stereocenters. The Bertz CT molecular complexity index is 297. The molecule has 0 aromatic rings. The van der Waals surface area contributed by atoms with Crippen LogP contribution in [-0.4, -0.2) is 48.1 Å². The highest BCUT2D eigenvalue weighted by molar-refractivity contribution is 5.82. The van der Waals surface area contributed by atoms with Gasteiger partial charge in [0.2, 0.25) is 5.91 Å². The molecule has 0 saturated carbocycles. The molecule has 1 aliphatic rings. The Balaban J connectivity index is 2.35. The fourth-order valence-corrected chi connectivity index (χ4v) is 1.76. The van der Waals surface area contributed by atoms with Gasteiger partial charge < -0.3 is 10.1 Å². The highest BCUT2D eigenvalue weighted by Crippen LogP contribution is 2.10. The number of carbonyl (C=O) groups excluding carboxylic acids is 2. The van der Waals surface area contributed by atoms with Crippen LogP contribution in [0.25, 0.3) is 0 Å². The second-order valence-corrected chi connectivity index (χ2v) is 5.34. The molecule has 0 bridgehead atoms. The van der Waals surface area contributed by atoms with E-state index in [-0.39, 0.29) is 17.9 Å². The number of carbonyl (C=O) groups is 2. The molecule has 0 aromatic carbocycles. The van der Waals surface area contributed by atoms with Crippen LogP contribution in [0.3, 0.4) is 0 Å². The van der Waals surface area contributed by atoms with Crippen molar-refractivity contribution >= 4 is 11.9 Å². The molecule has 0 aromatic heterocycles. The topological polar surface area (TPSA) is 58.6 Å². The summed E-state index contributed by atoms with van der Waals surface area (Å²) in [5, 5.41) is 2.79. The van der Waals surface area contributed by atoms with Crippen LogP contribution < -0.4 is 5.32 Å². The molecular formula is C12H22N2O3. The summed E-state index contributed by atoms with van der Waals surface area (Å²) >= 11 is 0. The maximum Gasteiger partial charge on any atom is 0.307 e. The lowest BCUT2D eigenvalue weighted by Gasteiger charge is -2.32. The minimum absolute atomic E-state index is 0.0282. The van der Waals surface area contributed by atoms with E-state index in [1.54, 1.807) is 0 Å². The highest BCUT2D eigenvalue weighted by atomic mass is 16.6. The molecule has 0 radical (unpaired) electrons. The Morgan fingerprint density at radius 2 is 2.18 bits per heavy atom. The van der Waals surface area contributed by atoms with Crippen molar-refractivity contribution in [3.8, 4) is 0 Å². The highest BCUT2D eigenvalue weighted by Gasteiger charge is 2.26. The van der Waals surface area contributed by atoms with E-state index in [0.29, 0.717) is 19.5 Å². The van der Waals surface area contributed by atoms with Gasteiger partial charge in [-0.2, -0.15) is 0 Å². The number of nitrogens with zero attached hydrogens (tertiary/aromatic N) is 1. The van der Waals surface area contributed by atoms with Crippen molar-refractivity contribution < 1.29 is 14.3 Å². The Kier molecular flexibility index (Phi) is 4.51. The van der Waals surface area contributed by atoms with Crippen molar-refractivity contribution in [1.82, 2.24) is 10.2 Å². The zero-order chi connectivity index (χ0) is 13.1. The quantitative estimate of drug-likeness (QED) is 0.734. The molecule has 1 aliphatic heterocycles. The smallest absolute Gasteiger partial charge is 0.307 e. The molecule has 1 saturated heterocycles. The van der Waals surface area contributed by atoms with Crippen LogP contribution >= 0.6 is 0 Å². The first-order valence-corrected chi connectivity index (χ1v) is 6.03. The van der Waals surface area contributed by atoms with E-state index in [1.165, 1.54) is 0 Å². The van der Waals surface area contributed by atoms with Crippen LogP contribution in [0.1, 0.15) is 34.1 Å². The third kappa shape index (κ3) is 4.73. The van der Waals surface area contributed by atoms with Crippen molar-refractivity contribution in [2.45, 2.75) is 45.8 Å². The number of hydrogen-bond donors (Lipinski definition) is 1. The second kappa shape index (κ2) is 5.49. The van der Waals surface area contributed by atoms with E-state index in [2.05, 4.69) is 5.32 Å². The lowest BCUT2D eigenvalue weighted by Crippen LogP contribution is -2.54. The van der Waals surface area contributed by atoms with Gasteiger partial charge in [-0.25, -0.2) is 0 Å². The standard InChI is InChI=1S/C12H22N2O3/c1-9-11(16)13-6-8-14(9)7-5-10(15)17-12(2,3)4/h9H,5-8H2,1-4H3,(H,13,16). The summed E-state index contributed by atoms with van der Waals surface area (Å²) in [6, 6.07) is -0.161. The van der Waals surface area contributed by atoms with Crippen LogP contribution in [0, 0.1) is 0 Å². The maximum atomic E-state index is 11.5. The summed E-state index contributed by atoms with van der Waals surface area (Å²) in [4.78, 5) is 25.0. The first-order chi connectivity index (χ1) is 7.79. The van der Waals surface area contributed by atoms with Crippen molar-refractivity contribution in [1.29, 1.82) is 0 Å². The Morgan fingerprint density at radius 3 is 2.76 bits per heavy atom. The molecular weight excluding hydrogens is 220 g/mol. The van der Waals surface area contributed by atoms with Gasteiger partial charge in [0.15, 0.2) is 0 Å². The van der Waals surface area contributed by atoms with Gasteiger partial charge in [-0.1, -0.05) is 0 Å². The number of rotatable bonds is 3. The Morgan fingerprint density at radius 1 is 1.53 bits per heavy atom. The third-order valence-electron chi connectivity index (χ3n) is 2.65. The van der Waals surface area contributed by atoms with E-state index >= 15 is 0 Å². The largest absolute Gasteiger partial charge is 0.460 e. The molecule has 98 valence electrons. The monoisotopic (exact) mass is 242 g/mol. The van der Waals surface area contributed by atoms with Gasteiger partial charge in [-0.15, -0.1) is 0 Å². The lowest BCUT2D eigenvalue weighted by atomic mass is 10.2. The van der Waals surface area contributed by atoms with E-state index in [1.807, 2.05) is 32.6 Å². The zero-order valence-electron chi connectivity index (χ0n) is 11.1. The summed E-state index contributed by atoms with van der Waals surface area (Å²) in [6.07, 6.45) is 0.328. The number of esters is 1. The molecule has 5 nitrogen and oxygen atoms in total. The lowest BCUT2D eigenvalue weighted by molar-refractivity contribution is -0.155. The van der Waals surface area contributed by atoms with Gasteiger partial charge in [0.1, 0.15) is 5.60 Å². The molecule has 1 rings (SSSR count). The third-order valence-corrected chi connectivity index (χ3v) is 2.65. The number of hydrogen-bond acceptors (Lipinski definition) is 4. The molecule has 1 heterocycles. The molecule has 1 atom stereocenters. The van der Waals surface area contributed by atoms with Crippen molar-refractivity contribution in [2.24, 2.45) is 0 Å². The number of piperazine rings is 1. The summed E-state index contributed by atoms with van der Waals surface area (Å²) in [5.41, 5.74) is -0.442. The average Bonchev–Trinajstić information content (AvgIpc) is 2.18. The van der Waals surface area contributed by atoms with Crippen LogP contribution in [0.4, 0.5) is 0 Å². The van der Waals surface area contributed by atoms with Gasteiger partial charge in [0.05, 0.1) is 12.5 Å². The summed E-state index contributed by atoms with van der Waals surface area (Å²) in [7, 11) is 0. The molecule has 0 aliphatic carbocycles. The van der Waals surface area contributed by atoms with Gasteiger partial charge >= 0.3 is 5.97 Å². The van der Waals surface area contributed by atoms with E-state index in [0.717, 1.165) is 6.54 Å². The Labute approximate surface area is 102 Å². The molecule has 1 amide bonds. The number of nitrogens with one attached hydrogen (secondary N) is 1. The second-order valence-electron chi connectivity index (χ2n) is 5.34. The van der Waals surface area contributed by atoms with E-state index in [4.69, 9.17) is 4.74 Å². The van der Waals surface area contributed by atoms with Gasteiger partial charge in [0, 0.05) is 19.6 Å². The van der Waals surface area contributed by atoms with Gasteiger partial charge in [-0.3, -0.25) is 14.5 Å². The predicted octanol–water partition coefficient (Wildman–Crippen LogP) is 0.539. The van der Waals surface area contributed by atoms with Crippen LogP contribution in [0.5, 0.6) is 0 Å². The molecule has 0 spiro atoms. The van der Waals surface area contributed by atoms with Crippen LogP contribution in [0.2, 0.25) is 0 Å². The summed E-state index contributed by atoms with van der Waals surface area (Å²) < 4.78 is 5.22.